The smallest absolute Gasteiger partial charge is 0.329 e. The second-order valence-electron chi connectivity index (χ2n) is 3.58. The molecule has 0 fully saturated rings. The van der Waals surface area contributed by atoms with Gasteiger partial charge in [0.05, 0.1) is 5.56 Å². The van der Waals surface area contributed by atoms with E-state index in [1.54, 1.807) is 6.92 Å². The Morgan fingerprint density at radius 3 is 2.47 bits per heavy atom. The van der Waals surface area contributed by atoms with Crippen molar-refractivity contribution in [1.29, 1.82) is 0 Å². The molecule has 0 saturated carbocycles. The first-order chi connectivity index (χ1) is 7.90. The summed E-state index contributed by atoms with van der Waals surface area (Å²) in [7, 11) is 0. The number of halogens is 4. The molecule has 0 aliphatic heterocycles. The number of nitrogens with two attached hydrogens (primary N) is 1. The summed E-state index contributed by atoms with van der Waals surface area (Å²) in [5.41, 5.74) is 4.41. The number of nitrogens with one attached hydrogen (secondary N) is 1. The third-order valence-corrected chi connectivity index (χ3v) is 2.38. The van der Waals surface area contributed by atoms with Crippen LogP contribution in [-0.2, 0) is 6.18 Å². The topological polar surface area (TPSA) is 38.0 Å². The van der Waals surface area contributed by atoms with E-state index in [1.807, 2.05) is 0 Å². The minimum atomic E-state index is -4.58. The average molecular weight is 250 g/mol. The van der Waals surface area contributed by atoms with Gasteiger partial charge < -0.3 is 11.1 Å². The molecule has 3 N–H and O–H groups in total. The first kappa shape index (κ1) is 13.9. The number of benzene rings is 1. The zero-order chi connectivity index (χ0) is 13.1. The molecule has 0 spiro atoms. The minimum Gasteiger partial charge on any atom is -0.329 e. The van der Waals surface area contributed by atoms with Crippen molar-refractivity contribution in [3.8, 4) is 0 Å². The largest absolute Gasteiger partial charge is 0.416 e. The number of hydrogen-bond acceptors (Lipinski definition) is 2. The zero-order valence-electron chi connectivity index (χ0n) is 9.31. The van der Waals surface area contributed by atoms with Crippen molar-refractivity contribution in [3.63, 3.8) is 0 Å². The Bertz CT molecular complexity index is 376. The lowest BCUT2D eigenvalue weighted by Gasteiger charge is -2.21. The highest BCUT2D eigenvalue weighted by atomic mass is 19.4. The lowest BCUT2D eigenvalue weighted by Crippen LogP contribution is -2.30. The van der Waals surface area contributed by atoms with Crippen molar-refractivity contribution in [3.05, 3.63) is 35.1 Å². The van der Waals surface area contributed by atoms with E-state index in [4.69, 9.17) is 5.73 Å². The van der Waals surface area contributed by atoms with E-state index in [0.717, 1.165) is 12.1 Å². The monoisotopic (exact) mass is 250 g/mol. The SMILES string of the molecule is CCNC(CN)c1ccc(F)cc1C(F)(F)F. The van der Waals surface area contributed by atoms with Crippen LogP contribution < -0.4 is 11.1 Å². The van der Waals surface area contributed by atoms with Crippen LogP contribution in [0.5, 0.6) is 0 Å². The van der Waals surface area contributed by atoms with E-state index in [9.17, 15) is 17.6 Å². The molecule has 0 aliphatic rings. The highest BCUT2D eigenvalue weighted by Gasteiger charge is 2.35. The van der Waals surface area contributed by atoms with Crippen LogP contribution in [0.2, 0.25) is 0 Å². The minimum absolute atomic E-state index is 0.0164. The van der Waals surface area contributed by atoms with Crippen molar-refractivity contribution in [2.45, 2.75) is 19.1 Å². The Morgan fingerprint density at radius 2 is 2.00 bits per heavy atom. The van der Waals surface area contributed by atoms with Crippen LogP contribution in [-0.4, -0.2) is 13.1 Å². The second-order valence-corrected chi connectivity index (χ2v) is 3.58. The van der Waals surface area contributed by atoms with Gasteiger partial charge in [0.25, 0.3) is 0 Å². The first-order valence-corrected chi connectivity index (χ1v) is 5.20. The fraction of sp³-hybridized carbons (Fsp3) is 0.455. The maximum atomic E-state index is 12.9. The van der Waals surface area contributed by atoms with Crippen molar-refractivity contribution >= 4 is 0 Å². The molecule has 6 heteroatoms. The molecular formula is C11H14F4N2. The summed E-state index contributed by atoms with van der Waals surface area (Å²) < 4.78 is 51.1. The molecular weight excluding hydrogens is 236 g/mol. The van der Waals surface area contributed by atoms with Crippen LogP contribution in [0, 0.1) is 5.82 Å². The third-order valence-electron chi connectivity index (χ3n) is 2.38. The molecule has 0 aliphatic carbocycles. The average Bonchev–Trinajstić information content (AvgIpc) is 2.25. The lowest BCUT2D eigenvalue weighted by atomic mass is 9.99. The van der Waals surface area contributed by atoms with E-state index in [0.29, 0.717) is 12.6 Å². The summed E-state index contributed by atoms with van der Waals surface area (Å²) >= 11 is 0. The van der Waals surface area contributed by atoms with Gasteiger partial charge >= 0.3 is 6.18 Å². The molecule has 1 atom stereocenters. The molecule has 1 rings (SSSR count). The van der Waals surface area contributed by atoms with Gasteiger partial charge in [0.15, 0.2) is 0 Å². The third kappa shape index (κ3) is 3.41. The van der Waals surface area contributed by atoms with Gasteiger partial charge in [0.1, 0.15) is 5.82 Å². The molecule has 0 saturated heterocycles. The number of rotatable bonds is 4. The Kier molecular flexibility index (Phi) is 4.47. The second kappa shape index (κ2) is 5.46. The van der Waals surface area contributed by atoms with Gasteiger partial charge in [-0.15, -0.1) is 0 Å². The van der Waals surface area contributed by atoms with Crippen molar-refractivity contribution in [2.24, 2.45) is 5.73 Å². The van der Waals surface area contributed by atoms with E-state index in [-0.39, 0.29) is 12.1 Å². The van der Waals surface area contributed by atoms with Crippen molar-refractivity contribution in [2.75, 3.05) is 13.1 Å². The standard InChI is InChI=1S/C11H14F4N2/c1-2-17-10(6-16)8-4-3-7(12)5-9(8)11(13,14)15/h3-5,10,17H,2,6,16H2,1H3. The Labute approximate surface area is 96.8 Å². The maximum Gasteiger partial charge on any atom is 0.416 e. The van der Waals surface area contributed by atoms with E-state index in [1.165, 1.54) is 0 Å². The van der Waals surface area contributed by atoms with Crippen LogP contribution in [0.15, 0.2) is 18.2 Å². The Hall–Kier alpha value is -1.14. The fourth-order valence-corrected chi connectivity index (χ4v) is 1.64. The van der Waals surface area contributed by atoms with Gasteiger partial charge in [0.2, 0.25) is 0 Å². The maximum absolute atomic E-state index is 12.9. The van der Waals surface area contributed by atoms with E-state index < -0.39 is 23.6 Å². The van der Waals surface area contributed by atoms with Gasteiger partial charge in [-0.3, -0.25) is 0 Å². The summed E-state index contributed by atoms with van der Waals surface area (Å²) in [6, 6.07) is 2.00. The van der Waals surface area contributed by atoms with E-state index >= 15 is 0 Å². The Balaban J connectivity index is 3.22. The summed E-state index contributed by atoms with van der Waals surface area (Å²) in [6.07, 6.45) is -4.58. The van der Waals surface area contributed by atoms with Crippen LogP contribution >= 0.6 is 0 Å². The first-order valence-electron chi connectivity index (χ1n) is 5.20. The summed E-state index contributed by atoms with van der Waals surface area (Å²) in [5.74, 6) is -0.909. The highest BCUT2D eigenvalue weighted by molar-refractivity contribution is 5.33. The molecule has 17 heavy (non-hydrogen) atoms. The highest BCUT2D eigenvalue weighted by Crippen LogP contribution is 2.34. The van der Waals surface area contributed by atoms with Crippen LogP contribution in [0.4, 0.5) is 17.6 Å². The molecule has 2 nitrogen and oxygen atoms in total. The van der Waals surface area contributed by atoms with Gasteiger partial charge in [-0.05, 0) is 24.2 Å². The van der Waals surface area contributed by atoms with Gasteiger partial charge in [-0.25, -0.2) is 4.39 Å². The molecule has 0 radical (unpaired) electrons. The molecule has 0 amide bonds. The van der Waals surface area contributed by atoms with Crippen LogP contribution in [0.25, 0.3) is 0 Å². The summed E-state index contributed by atoms with van der Waals surface area (Å²) in [4.78, 5) is 0. The number of alkyl halides is 3. The summed E-state index contributed by atoms with van der Waals surface area (Å²) in [6.45, 7) is 2.26. The van der Waals surface area contributed by atoms with Gasteiger partial charge in [-0.2, -0.15) is 13.2 Å². The van der Waals surface area contributed by atoms with E-state index in [2.05, 4.69) is 5.32 Å². The predicted molar refractivity (Wildman–Crippen MR) is 56.9 cm³/mol. The normalized spacial score (nSPS) is 13.8. The van der Waals surface area contributed by atoms with Crippen molar-refractivity contribution < 1.29 is 17.6 Å². The molecule has 96 valence electrons. The number of likely N-dealkylation sites (N-methyl/N-ethyl adjacent to an activating group) is 1. The molecule has 1 unspecified atom stereocenters. The van der Waals surface area contributed by atoms with Crippen molar-refractivity contribution in [1.82, 2.24) is 5.32 Å². The van der Waals surface area contributed by atoms with Crippen LogP contribution in [0.1, 0.15) is 24.1 Å². The predicted octanol–water partition coefficient (Wildman–Crippen LogP) is 2.45. The van der Waals surface area contributed by atoms with Crippen LogP contribution in [0.3, 0.4) is 0 Å². The summed E-state index contributed by atoms with van der Waals surface area (Å²) in [5, 5.41) is 2.83. The quantitative estimate of drug-likeness (QED) is 0.805. The number of hydrogen-bond donors (Lipinski definition) is 2. The molecule has 0 bridgehead atoms. The molecule has 0 aromatic heterocycles. The lowest BCUT2D eigenvalue weighted by molar-refractivity contribution is -0.138. The molecule has 1 aromatic rings. The Morgan fingerprint density at radius 1 is 1.35 bits per heavy atom. The zero-order valence-corrected chi connectivity index (χ0v) is 9.31. The fourth-order valence-electron chi connectivity index (χ4n) is 1.64. The van der Waals surface area contributed by atoms with Gasteiger partial charge in [0, 0.05) is 12.6 Å². The molecule has 0 heterocycles. The molecule has 1 aromatic carbocycles. The van der Waals surface area contributed by atoms with Gasteiger partial charge in [-0.1, -0.05) is 13.0 Å².